The second-order valence-electron chi connectivity index (χ2n) is 7.55. The Balaban J connectivity index is 2.69. The average molecular weight is 337 g/mol. The Kier molecular flexibility index (Phi) is 6.16. The molecule has 0 bridgehead atoms. The fraction of sp³-hybridized carbons (Fsp3) is 0.556. The van der Waals surface area contributed by atoms with Crippen molar-refractivity contribution in [3.05, 3.63) is 29.8 Å². The predicted molar refractivity (Wildman–Crippen MR) is 94.9 cm³/mol. The lowest BCUT2D eigenvalue weighted by Crippen LogP contribution is -2.41. The van der Waals surface area contributed by atoms with Gasteiger partial charge in [0.2, 0.25) is 0 Å². The molecule has 5 heteroatoms. The first-order chi connectivity index (χ1) is 10.5. The molecule has 1 aromatic carbocycles. The molecule has 0 aromatic heterocycles. The molecule has 1 atom stereocenters. The van der Waals surface area contributed by atoms with E-state index >= 15 is 0 Å². The zero-order chi connectivity index (χ0) is 17.8. The van der Waals surface area contributed by atoms with Gasteiger partial charge in [0.15, 0.2) is 11.9 Å². The van der Waals surface area contributed by atoms with Gasteiger partial charge < -0.3 is 9.47 Å². The number of rotatable bonds is 6. The number of benzene rings is 1. The number of esters is 1. The number of Topliss-reactive ketones (excluding diaryl/α,β-unsaturated/α-hetero) is 1. The van der Waals surface area contributed by atoms with Gasteiger partial charge in [-0.15, -0.1) is 0 Å². The first-order valence-electron chi connectivity index (χ1n) is 7.85. The van der Waals surface area contributed by atoms with E-state index < -0.39 is 20.1 Å². The van der Waals surface area contributed by atoms with Crippen LogP contribution in [0.25, 0.3) is 0 Å². The van der Waals surface area contributed by atoms with Crippen molar-refractivity contribution in [3.63, 3.8) is 0 Å². The van der Waals surface area contributed by atoms with E-state index in [0.717, 1.165) is 0 Å². The largest absolute Gasteiger partial charge is 0.497 e. The van der Waals surface area contributed by atoms with Gasteiger partial charge in [-0.3, -0.25) is 4.79 Å². The summed E-state index contributed by atoms with van der Waals surface area (Å²) in [6, 6.07) is 7.16. The number of ketones is 1. The summed E-state index contributed by atoms with van der Waals surface area (Å²) < 4.78 is 10.4. The van der Waals surface area contributed by atoms with Gasteiger partial charge in [-0.05, 0) is 36.2 Å². The van der Waals surface area contributed by atoms with E-state index in [1.54, 1.807) is 38.3 Å². The van der Waals surface area contributed by atoms with Crippen LogP contribution in [0.15, 0.2) is 24.3 Å². The normalized spacial score (nSPS) is 13.3. The Morgan fingerprint density at radius 1 is 1.13 bits per heavy atom. The van der Waals surface area contributed by atoms with E-state index in [1.165, 1.54) is 0 Å². The van der Waals surface area contributed by atoms with Gasteiger partial charge in [-0.1, -0.05) is 33.9 Å². The average Bonchev–Trinajstić information content (AvgIpc) is 2.45. The Hall–Kier alpha value is -1.62. The minimum atomic E-state index is -1.73. The van der Waals surface area contributed by atoms with Crippen LogP contribution < -0.4 is 4.74 Å². The van der Waals surface area contributed by atoms with Crippen molar-refractivity contribution in [3.8, 4) is 5.75 Å². The van der Waals surface area contributed by atoms with Crippen LogP contribution in [0.2, 0.25) is 24.2 Å². The molecule has 23 heavy (non-hydrogen) atoms. The number of methoxy groups -OCH3 is 1. The van der Waals surface area contributed by atoms with Gasteiger partial charge >= 0.3 is 5.97 Å². The minimum absolute atomic E-state index is 0.00143. The molecular weight excluding hydrogens is 308 g/mol. The van der Waals surface area contributed by atoms with Crippen LogP contribution in [-0.4, -0.2) is 33.0 Å². The third-order valence-electron chi connectivity index (χ3n) is 4.71. The third-order valence-corrected chi connectivity index (χ3v) is 10.0. The molecular formula is C18H28O4Si. The Morgan fingerprint density at radius 3 is 2.09 bits per heavy atom. The molecule has 0 saturated carbocycles. The van der Waals surface area contributed by atoms with Crippen LogP contribution >= 0.6 is 0 Å². The smallest absolute Gasteiger partial charge is 0.338 e. The summed E-state index contributed by atoms with van der Waals surface area (Å²) >= 11 is 0. The number of ether oxygens (including phenoxy) is 2. The highest BCUT2D eigenvalue weighted by atomic mass is 28.3. The summed E-state index contributed by atoms with van der Waals surface area (Å²) in [5.41, 5.74) is 0.415. The molecule has 0 spiro atoms. The van der Waals surface area contributed by atoms with E-state index in [2.05, 4.69) is 33.9 Å². The molecule has 0 heterocycles. The predicted octanol–water partition coefficient (Wildman–Crippen LogP) is 4.32. The standard InChI is InChI=1S/C18H28O4Si/c1-13(16(19)12-23(6,7)18(2,3)4)22-17(20)14-8-10-15(21-5)11-9-14/h8-11,13H,12H2,1-7H3. The van der Waals surface area contributed by atoms with Gasteiger partial charge in [0.1, 0.15) is 5.75 Å². The molecule has 0 amide bonds. The van der Waals surface area contributed by atoms with Crippen LogP contribution in [0, 0.1) is 0 Å². The van der Waals surface area contributed by atoms with Gasteiger partial charge in [-0.2, -0.15) is 0 Å². The van der Waals surface area contributed by atoms with Crippen LogP contribution in [0.5, 0.6) is 5.75 Å². The molecule has 0 fully saturated rings. The van der Waals surface area contributed by atoms with Crippen molar-refractivity contribution in [1.29, 1.82) is 0 Å². The zero-order valence-corrected chi connectivity index (χ0v) is 16.2. The Bertz CT molecular complexity index is 555. The van der Waals surface area contributed by atoms with Gasteiger partial charge in [0, 0.05) is 6.04 Å². The first kappa shape index (κ1) is 19.4. The molecule has 0 aliphatic rings. The molecule has 4 nitrogen and oxygen atoms in total. The third kappa shape index (κ3) is 5.20. The second-order valence-corrected chi connectivity index (χ2v) is 13.2. The number of hydrogen-bond acceptors (Lipinski definition) is 4. The summed E-state index contributed by atoms with van der Waals surface area (Å²) in [7, 11) is -0.166. The van der Waals surface area contributed by atoms with Crippen LogP contribution in [0.1, 0.15) is 38.1 Å². The summed E-state index contributed by atoms with van der Waals surface area (Å²) in [5, 5.41) is 0.127. The van der Waals surface area contributed by atoms with Crippen molar-refractivity contribution in [2.24, 2.45) is 0 Å². The molecule has 0 saturated heterocycles. The highest BCUT2D eigenvalue weighted by Crippen LogP contribution is 2.39. The molecule has 1 unspecified atom stereocenters. The molecule has 0 aliphatic heterocycles. The molecule has 128 valence electrons. The lowest BCUT2D eigenvalue weighted by molar-refractivity contribution is -0.124. The first-order valence-corrected chi connectivity index (χ1v) is 11.1. The Morgan fingerprint density at radius 2 is 1.65 bits per heavy atom. The number of carbonyl (C=O) groups is 2. The molecule has 1 rings (SSSR count). The number of hydrogen-bond donors (Lipinski definition) is 0. The maximum Gasteiger partial charge on any atom is 0.338 e. The van der Waals surface area contributed by atoms with Gasteiger partial charge in [0.25, 0.3) is 0 Å². The lowest BCUT2D eigenvalue weighted by atomic mass is 10.2. The van der Waals surface area contributed by atoms with Crippen molar-refractivity contribution >= 4 is 19.8 Å². The Labute approximate surface area is 140 Å². The van der Waals surface area contributed by atoms with Gasteiger partial charge in [0.05, 0.1) is 20.7 Å². The summed E-state index contributed by atoms with van der Waals surface area (Å²) in [5.74, 6) is 0.186. The second kappa shape index (κ2) is 7.30. The fourth-order valence-electron chi connectivity index (χ4n) is 1.87. The van der Waals surface area contributed by atoms with Crippen molar-refractivity contribution in [2.75, 3.05) is 7.11 Å². The molecule has 0 aliphatic carbocycles. The summed E-state index contributed by atoms with van der Waals surface area (Å²) in [6.07, 6.45) is -0.723. The SMILES string of the molecule is COc1ccc(C(=O)OC(C)C(=O)C[Si](C)(C)C(C)(C)C)cc1. The zero-order valence-electron chi connectivity index (χ0n) is 15.2. The van der Waals surface area contributed by atoms with Crippen LogP contribution in [0.3, 0.4) is 0 Å². The molecule has 0 N–H and O–H groups in total. The van der Waals surface area contributed by atoms with Crippen LogP contribution in [-0.2, 0) is 9.53 Å². The molecule has 1 aromatic rings. The van der Waals surface area contributed by atoms with E-state index in [0.29, 0.717) is 17.4 Å². The lowest BCUT2D eigenvalue weighted by Gasteiger charge is -2.36. The summed E-state index contributed by atoms with van der Waals surface area (Å²) in [4.78, 5) is 24.5. The van der Waals surface area contributed by atoms with Crippen molar-refractivity contribution < 1.29 is 19.1 Å². The highest BCUT2D eigenvalue weighted by molar-refractivity contribution is 6.82. The summed E-state index contributed by atoms with van der Waals surface area (Å²) in [6.45, 7) is 12.5. The molecule has 0 radical (unpaired) electrons. The maximum absolute atomic E-state index is 12.4. The quantitative estimate of drug-likeness (QED) is 0.573. The monoisotopic (exact) mass is 336 g/mol. The minimum Gasteiger partial charge on any atom is -0.497 e. The fourth-order valence-corrected chi connectivity index (χ4v) is 3.55. The topological polar surface area (TPSA) is 52.6 Å². The maximum atomic E-state index is 12.4. The van der Waals surface area contributed by atoms with E-state index in [4.69, 9.17) is 9.47 Å². The van der Waals surface area contributed by atoms with E-state index in [9.17, 15) is 9.59 Å². The van der Waals surface area contributed by atoms with Gasteiger partial charge in [-0.25, -0.2) is 4.79 Å². The highest BCUT2D eigenvalue weighted by Gasteiger charge is 2.38. The van der Waals surface area contributed by atoms with E-state index in [-0.39, 0.29) is 10.8 Å². The van der Waals surface area contributed by atoms with Crippen LogP contribution in [0.4, 0.5) is 0 Å². The van der Waals surface area contributed by atoms with Crippen molar-refractivity contribution in [2.45, 2.75) is 58.0 Å². The van der Waals surface area contributed by atoms with E-state index in [1.807, 2.05) is 0 Å². The van der Waals surface area contributed by atoms with Crippen molar-refractivity contribution in [1.82, 2.24) is 0 Å². The number of carbonyl (C=O) groups excluding carboxylic acids is 2.